The summed E-state index contributed by atoms with van der Waals surface area (Å²) in [4.78, 5) is 11.7. The number of nitrogens with zero attached hydrogens (tertiary/aromatic N) is 4. The zero-order valence-electron chi connectivity index (χ0n) is 15.5. The van der Waals surface area contributed by atoms with Crippen LogP contribution >= 0.6 is 31.9 Å². The Hall–Kier alpha value is -2.56. The van der Waals surface area contributed by atoms with Gasteiger partial charge >= 0.3 is 6.08 Å². The second-order valence-corrected chi connectivity index (χ2v) is 8.10. The Kier molecular flexibility index (Phi) is 5.98. The number of imidazole rings is 1. The van der Waals surface area contributed by atoms with E-state index >= 15 is 0 Å². The smallest absolute Gasteiger partial charge is 0.312 e. The van der Waals surface area contributed by atoms with Crippen LogP contribution in [0.3, 0.4) is 0 Å². The zero-order valence-corrected chi connectivity index (χ0v) is 18.7. The third kappa shape index (κ3) is 4.30. The van der Waals surface area contributed by atoms with Gasteiger partial charge in [0, 0.05) is 10.0 Å². The normalized spacial score (nSPS) is 11.2. The molecule has 0 spiro atoms. The van der Waals surface area contributed by atoms with Gasteiger partial charge in [0.2, 0.25) is 0 Å². The van der Waals surface area contributed by atoms with Crippen LogP contribution in [0.25, 0.3) is 11.2 Å². The lowest BCUT2D eigenvalue weighted by Crippen LogP contribution is -2.05. The van der Waals surface area contributed by atoms with E-state index < -0.39 is 6.08 Å². The predicted molar refractivity (Wildman–Crippen MR) is 117 cm³/mol. The van der Waals surface area contributed by atoms with Gasteiger partial charge in [0.1, 0.15) is 12.4 Å². The molecule has 0 bridgehead atoms. The summed E-state index contributed by atoms with van der Waals surface area (Å²) >= 11 is 6.93. The Balaban J connectivity index is 1.59. The largest absolute Gasteiger partial charge is 0.489 e. The fourth-order valence-electron chi connectivity index (χ4n) is 3.02. The quantitative estimate of drug-likeness (QED) is 0.283. The number of rotatable bonds is 6. The molecule has 7 nitrogen and oxygen atoms in total. The first-order valence-corrected chi connectivity index (χ1v) is 10.5. The van der Waals surface area contributed by atoms with E-state index in [2.05, 4.69) is 46.8 Å². The van der Waals surface area contributed by atoms with Crippen LogP contribution < -0.4 is 10.5 Å². The van der Waals surface area contributed by atoms with Crippen molar-refractivity contribution < 1.29 is 14.2 Å². The lowest BCUT2D eigenvalue weighted by atomic mass is 10.1. The molecule has 0 unspecified atom stereocenters. The minimum atomic E-state index is -0.899. The van der Waals surface area contributed by atoms with Crippen molar-refractivity contribution >= 4 is 48.8 Å². The number of hydrogen-bond acceptors (Lipinski definition) is 6. The van der Waals surface area contributed by atoms with Crippen LogP contribution in [0.5, 0.6) is 5.75 Å². The fourth-order valence-corrected chi connectivity index (χ4v) is 3.85. The van der Waals surface area contributed by atoms with Crippen molar-refractivity contribution in [1.82, 2.24) is 19.5 Å². The molecule has 30 heavy (non-hydrogen) atoms. The maximum Gasteiger partial charge on any atom is 0.312 e. The van der Waals surface area contributed by atoms with E-state index in [1.165, 1.54) is 0 Å². The standard InChI is InChI=1S/C20H16Br2FN5O2/c21-15-5-4-11(6-13(15)10-30-14-3-1-2-12(7-14)9-29)8-28-18-16(25-19(28)22)17(24)26-20(23)27-18/h1-7,29H,8-10H2,(H2,24,26,27). The van der Waals surface area contributed by atoms with Crippen LogP contribution in [-0.2, 0) is 19.8 Å². The number of benzene rings is 2. The average Bonchev–Trinajstić information content (AvgIpc) is 3.04. The van der Waals surface area contributed by atoms with Gasteiger partial charge in [-0.15, -0.1) is 0 Å². The van der Waals surface area contributed by atoms with E-state index in [9.17, 15) is 9.50 Å². The first-order valence-electron chi connectivity index (χ1n) is 8.89. The topological polar surface area (TPSA) is 99.1 Å². The van der Waals surface area contributed by atoms with E-state index in [0.717, 1.165) is 21.2 Å². The summed E-state index contributed by atoms with van der Waals surface area (Å²) in [7, 11) is 0. The lowest BCUT2D eigenvalue weighted by molar-refractivity contribution is 0.278. The SMILES string of the molecule is Nc1nc(F)nc2c1nc(Br)n2Cc1ccc(Br)c(COc2cccc(CO)c2)c1. The maximum atomic E-state index is 13.7. The van der Waals surface area contributed by atoms with E-state index in [1.54, 1.807) is 10.6 Å². The number of ether oxygens (including phenoxy) is 1. The molecule has 0 aliphatic carbocycles. The number of fused-ring (bicyclic) bond motifs is 1. The highest BCUT2D eigenvalue weighted by Crippen LogP contribution is 2.26. The molecule has 0 amide bonds. The fraction of sp³-hybridized carbons (Fsp3) is 0.150. The molecule has 154 valence electrons. The molecule has 0 fully saturated rings. The molecule has 0 atom stereocenters. The molecule has 2 aromatic carbocycles. The Labute approximate surface area is 188 Å². The highest BCUT2D eigenvalue weighted by Gasteiger charge is 2.16. The monoisotopic (exact) mass is 535 g/mol. The van der Waals surface area contributed by atoms with Gasteiger partial charge in [-0.1, -0.05) is 34.1 Å². The average molecular weight is 537 g/mol. The molecular formula is C20H16Br2FN5O2. The van der Waals surface area contributed by atoms with Crippen molar-refractivity contribution in [2.75, 3.05) is 5.73 Å². The summed E-state index contributed by atoms with van der Waals surface area (Å²) in [6, 6.07) is 13.2. The van der Waals surface area contributed by atoms with Crippen molar-refractivity contribution in [1.29, 1.82) is 0 Å². The number of aliphatic hydroxyl groups excluding tert-OH is 1. The minimum absolute atomic E-state index is 0.00745. The van der Waals surface area contributed by atoms with Crippen LogP contribution in [0, 0.1) is 6.08 Å². The molecule has 0 aliphatic heterocycles. The first-order chi connectivity index (χ1) is 14.4. The molecule has 3 N–H and O–H groups in total. The van der Waals surface area contributed by atoms with Gasteiger partial charge in [0.15, 0.2) is 21.7 Å². The van der Waals surface area contributed by atoms with E-state index in [0.29, 0.717) is 34.8 Å². The lowest BCUT2D eigenvalue weighted by Gasteiger charge is -2.12. The summed E-state index contributed by atoms with van der Waals surface area (Å²) in [6.07, 6.45) is -0.899. The van der Waals surface area contributed by atoms with Gasteiger partial charge in [-0.05, 0) is 51.3 Å². The zero-order chi connectivity index (χ0) is 21.3. The van der Waals surface area contributed by atoms with Gasteiger partial charge in [-0.3, -0.25) is 4.57 Å². The summed E-state index contributed by atoms with van der Waals surface area (Å²) in [5.41, 5.74) is 9.08. The third-order valence-corrected chi connectivity index (χ3v) is 5.85. The molecule has 2 aromatic heterocycles. The van der Waals surface area contributed by atoms with Crippen LogP contribution in [0.4, 0.5) is 10.2 Å². The van der Waals surface area contributed by atoms with Gasteiger partial charge < -0.3 is 15.6 Å². The van der Waals surface area contributed by atoms with E-state index in [4.69, 9.17) is 10.5 Å². The molecule has 0 aliphatic rings. The summed E-state index contributed by atoms with van der Waals surface area (Å²) in [6.45, 7) is 0.685. The number of anilines is 1. The van der Waals surface area contributed by atoms with Crippen molar-refractivity contribution in [3.63, 3.8) is 0 Å². The first kappa shape index (κ1) is 20.7. The predicted octanol–water partition coefficient (Wildman–Crippen LogP) is 4.19. The summed E-state index contributed by atoms with van der Waals surface area (Å²) < 4.78 is 22.6. The number of nitrogens with two attached hydrogens (primary N) is 1. The van der Waals surface area contributed by atoms with Crippen LogP contribution in [0.1, 0.15) is 16.7 Å². The van der Waals surface area contributed by atoms with Gasteiger partial charge in [0.05, 0.1) is 13.2 Å². The number of halogens is 3. The van der Waals surface area contributed by atoms with Crippen molar-refractivity contribution in [3.05, 3.63) is 74.4 Å². The second-order valence-electron chi connectivity index (χ2n) is 6.54. The molecule has 10 heteroatoms. The highest BCUT2D eigenvalue weighted by atomic mass is 79.9. The van der Waals surface area contributed by atoms with E-state index in [-0.39, 0.29) is 12.4 Å². The van der Waals surface area contributed by atoms with Gasteiger partial charge in [-0.25, -0.2) is 4.98 Å². The third-order valence-electron chi connectivity index (χ3n) is 4.47. The molecule has 4 aromatic rings. The van der Waals surface area contributed by atoms with E-state index in [1.807, 2.05) is 36.4 Å². The van der Waals surface area contributed by atoms with Crippen molar-refractivity contribution in [2.45, 2.75) is 19.8 Å². The molecule has 0 saturated carbocycles. The Morgan fingerprint density at radius 1 is 1.07 bits per heavy atom. The second kappa shape index (κ2) is 8.66. The Morgan fingerprint density at radius 3 is 2.70 bits per heavy atom. The molecule has 0 saturated heterocycles. The molecule has 2 heterocycles. The highest BCUT2D eigenvalue weighted by molar-refractivity contribution is 9.10. The molecule has 0 radical (unpaired) electrons. The minimum Gasteiger partial charge on any atom is -0.489 e. The van der Waals surface area contributed by atoms with Crippen LogP contribution in [0.15, 0.2) is 51.7 Å². The van der Waals surface area contributed by atoms with Gasteiger partial charge in [-0.2, -0.15) is 14.4 Å². The van der Waals surface area contributed by atoms with Crippen molar-refractivity contribution in [2.24, 2.45) is 0 Å². The number of nitrogen functional groups attached to an aromatic ring is 1. The Morgan fingerprint density at radius 2 is 1.90 bits per heavy atom. The molecular weight excluding hydrogens is 521 g/mol. The Bertz CT molecular complexity index is 1230. The van der Waals surface area contributed by atoms with Crippen molar-refractivity contribution in [3.8, 4) is 5.75 Å². The van der Waals surface area contributed by atoms with Crippen LogP contribution in [0.2, 0.25) is 0 Å². The maximum absolute atomic E-state index is 13.7. The van der Waals surface area contributed by atoms with Crippen LogP contribution in [-0.4, -0.2) is 24.6 Å². The van der Waals surface area contributed by atoms with Gasteiger partial charge in [0.25, 0.3) is 0 Å². The summed E-state index contributed by atoms with van der Waals surface area (Å²) in [5, 5.41) is 9.27. The summed E-state index contributed by atoms with van der Waals surface area (Å²) in [5.74, 6) is 0.664. The number of aliphatic hydroxyl groups is 1. The number of aromatic nitrogens is 4. The molecule has 4 rings (SSSR count). The number of hydrogen-bond donors (Lipinski definition) is 2.